The maximum atomic E-state index is 10.8. The molecule has 20 heavy (non-hydrogen) atoms. The highest BCUT2D eigenvalue weighted by atomic mass is 35.5. The van der Waals surface area contributed by atoms with Crippen LogP contribution in [0.2, 0.25) is 5.02 Å². The van der Waals surface area contributed by atoms with Crippen LogP contribution in [0.4, 0.5) is 0 Å². The summed E-state index contributed by atoms with van der Waals surface area (Å²) in [4.78, 5) is 13.9. The molecular formula is C15H10ClNO3. The van der Waals surface area contributed by atoms with Crippen LogP contribution in [0.15, 0.2) is 48.7 Å². The van der Waals surface area contributed by atoms with Crippen LogP contribution >= 0.6 is 11.6 Å². The minimum atomic E-state index is -1.02. The molecule has 1 heterocycles. The largest absolute Gasteiger partial charge is 0.478 e. The van der Waals surface area contributed by atoms with E-state index in [1.807, 2.05) is 30.5 Å². The summed E-state index contributed by atoms with van der Waals surface area (Å²) in [5.74, 6) is 0.0424. The number of H-pyrrole nitrogens is 1. The summed E-state index contributed by atoms with van der Waals surface area (Å²) in [6.07, 6.45) is 1.85. The molecule has 0 unspecified atom stereocenters. The van der Waals surface area contributed by atoms with Gasteiger partial charge in [-0.1, -0.05) is 11.6 Å². The highest BCUT2D eigenvalue weighted by molar-refractivity contribution is 6.32. The Morgan fingerprint density at radius 3 is 2.75 bits per heavy atom. The van der Waals surface area contributed by atoms with E-state index in [9.17, 15) is 4.79 Å². The van der Waals surface area contributed by atoms with Crippen molar-refractivity contribution >= 4 is 28.5 Å². The zero-order valence-electron chi connectivity index (χ0n) is 10.3. The number of carboxylic acid groups (broad SMARTS) is 1. The second-order valence-corrected chi connectivity index (χ2v) is 4.69. The molecule has 0 aliphatic carbocycles. The predicted molar refractivity (Wildman–Crippen MR) is 76.8 cm³/mol. The minimum absolute atomic E-state index is 0.128. The summed E-state index contributed by atoms with van der Waals surface area (Å²) in [7, 11) is 0. The summed E-state index contributed by atoms with van der Waals surface area (Å²) in [5.41, 5.74) is 1.15. The van der Waals surface area contributed by atoms with Crippen LogP contribution in [0.1, 0.15) is 10.4 Å². The van der Waals surface area contributed by atoms with Crippen molar-refractivity contribution in [1.82, 2.24) is 4.98 Å². The van der Waals surface area contributed by atoms with Gasteiger partial charge in [0.15, 0.2) is 0 Å². The molecule has 0 radical (unpaired) electrons. The number of fused-ring (bicyclic) bond motifs is 1. The average molecular weight is 288 g/mol. The quantitative estimate of drug-likeness (QED) is 0.754. The van der Waals surface area contributed by atoms with Crippen LogP contribution in [0.5, 0.6) is 11.5 Å². The Kier molecular flexibility index (Phi) is 3.08. The lowest BCUT2D eigenvalue weighted by molar-refractivity contribution is 0.0697. The smallest absolute Gasteiger partial charge is 0.335 e. The lowest BCUT2D eigenvalue weighted by atomic mass is 10.2. The van der Waals surface area contributed by atoms with Crippen LogP contribution in [-0.2, 0) is 0 Å². The molecule has 2 aromatic carbocycles. The molecule has 3 rings (SSSR count). The first-order valence-electron chi connectivity index (χ1n) is 5.91. The van der Waals surface area contributed by atoms with Crippen LogP contribution in [-0.4, -0.2) is 16.1 Å². The molecule has 0 aliphatic rings. The summed E-state index contributed by atoms with van der Waals surface area (Å²) in [6.45, 7) is 0. The van der Waals surface area contributed by atoms with E-state index in [0.29, 0.717) is 11.5 Å². The fourth-order valence-corrected chi connectivity index (χ4v) is 2.16. The average Bonchev–Trinajstić information content (AvgIpc) is 2.88. The first kappa shape index (κ1) is 12.6. The van der Waals surface area contributed by atoms with Crippen LogP contribution in [0.25, 0.3) is 10.9 Å². The van der Waals surface area contributed by atoms with E-state index in [1.54, 1.807) is 6.07 Å². The van der Waals surface area contributed by atoms with Crippen molar-refractivity contribution in [3.8, 4) is 11.5 Å². The Morgan fingerprint density at radius 1 is 1.15 bits per heavy atom. The molecule has 5 heteroatoms. The van der Waals surface area contributed by atoms with Crippen LogP contribution < -0.4 is 4.74 Å². The van der Waals surface area contributed by atoms with Gasteiger partial charge in [-0.25, -0.2) is 4.79 Å². The number of benzene rings is 2. The minimum Gasteiger partial charge on any atom is -0.478 e. The van der Waals surface area contributed by atoms with E-state index in [4.69, 9.17) is 21.4 Å². The molecule has 0 saturated carbocycles. The normalized spacial score (nSPS) is 10.7. The number of carboxylic acids is 1. The van der Waals surface area contributed by atoms with Gasteiger partial charge in [0.1, 0.15) is 11.5 Å². The number of hydrogen-bond donors (Lipinski definition) is 2. The third kappa shape index (κ3) is 2.33. The molecule has 4 nitrogen and oxygen atoms in total. The number of carbonyl (C=O) groups is 1. The Labute approximate surface area is 119 Å². The lowest BCUT2D eigenvalue weighted by Crippen LogP contribution is -1.96. The van der Waals surface area contributed by atoms with Gasteiger partial charge in [0.2, 0.25) is 0 Å². The van der Waals surface area contributed by atoms with Crippen LogP contribution in [0, 0.1) is 0 Å². The zero-order valence-corrected chi connectivity index (χ0v) is 11.0. The molecule has 0 bridgehead atoms. The number of aromatic nitrogens is 1. The monoisotopic (exact) mass is 287 g/mol. The number of nitrogens with one attached hydrogen (secondary N) is 1. The Bertz CT molecular complexity index is 795. The highest BCUT2D eigenvalue weighted by Crippen LogP contribution is 2.31. The molecule has 0 fully saturated rings. The molecule has 2 N–H and O–H groups in total. The first-order valence-corrected chi connectivity index (χ1v) is 6.29. The zero-order chi connectivity index (χ0) is 14.1. The van der Waals surface area contributed by atoms with E-state index in [1.165, 1.54) is 12.1 Å². The molecule has 0 aliphatic heterocycles. The van der Waals surface area contributed by atoms with E-state index < -0.39 is 5.97 Å². The van der Waals surface area contributed by atoms with Gasteiger partial charge in [0, 0.05) is 17.1 Å². The van der Waals surface area contributed by atoms with Crippen molar-refractivity contribution in [2.24, 2.45) is 0 Å². The molecule has 3 aromatic rings. The number of aromatic amines is 1. The van der Waals surface area contributed by atoms with Crippen molar-refractivity contribution in [3.05, 3.63) is 59.2 Å². The van der Waals surface area contributed by atoms with Crippen molar-refractivity contribution in [3.63, 3.8) is 0 Å². The van der Waals surface area contributed by atoms with Gasteiger partial charge < -0.3 is 14.8 Å². The summed E-state index contributed by atoms with van der Waals surface area (Å²) in [6, 6.07) is 11.9. The highest BCUT2D eigenvalue weighted by Gasteiger charge is 2.09. The fraction of sp³-hybridized carbons (Fsp3) is 0. The molecule has 0 amide bonds. The number of aromatic carboxylic acids is 1. The molecule has 0 saturated heterocycles. The van der Waals surface area contributed by atoms with Crippen molar-refractivity contribution in [2.75, 3.05) is 0 Å². The molecule has 0 atom stereocenters. The maximum absolute atomic E-state index is 10.8. The number of ether oxygens (including phenoxy) is 1. The van der Waals surface area contributed by atoms with Gasteiger partial charge in [-0.3, -0.25) is 0 Å². The van der Waals surface area contributed by atoms with E-state index >= 15 is 0 Å². The van der Waals surface area contributed by atoms with Gasteiger partial charge in [-0.2, -0.15) is 0 Å². The van der Waals surface area contributed by atoms with Crippen molar-refractivity contribution in [2.45, 2.75) is 0 Å². The third-order valence-corrected chi connectivity index (χ3v) is 3.23. The lowest BCUT2D eigenvalue weighted by Gasteiger charge is -2.08. The van der Waals surface area contributed by atoms with E-state index in [-0.39, 0.29) is 10.6 Å². The molecule has 1 aromatic heterocycles. The number of halogens is 1. The number of hydrogen-bond acceptors (Lipinski definition) is 2. The Morgan fingerprint density at radius 2 is 2.00 bits per heavy atom. The van der Waals surface area contributed by atoms with Crippen molar-refractivity contribution < 1.29 is 14.6 Å². The second kappa shape index (κ2) is 4.90. The maximum Gasteiger partial charge on any atom is 0.335 e. The first-order chi connectivity index (χ1) is 9.63. The Hall–Kier alpha value is -2.46. The second-order valence-electron chi connectivity index (χ2n) is 4.28. The summed E-state index contributed by atoms with van der Waals surface area (Å²) >= 11 is 6.03. The summed E-state index contributed by atoms with van der Waals surface area (Å²) < 4.78 is 5.68. The summed E-state index contributed by atoms with van der Waals surface area (Å²) in [5, 5.41) is 10.2. The van der Waals surface area contributed by atoms with Gasteiger partial charge in [-0.15, -0.1) is 0 Å². The Balaban J connectivity index is 1.92. The van der Waals surface area contributed by atoms with Crippen LogP contribution in [0.3, 0.4) is 0 Å². The van der Waals surface area contributed by atoms with E-state index in [2.05, 4.69) is 4.98 Å². The van der Waals surface area contributed by atoms with Gasteiger partial charge >= 0.3 is 5.97 Å². The van der Waals surface area contributed by atoms with E-state index in [0.717, 1.165) is 10.9 Å². The fourth-order valence-electron chi connectivity index (χ4n) is 1.94. The van der Waals surface area contributed by atoms with Gasteiger partial charge in [0.05, 0.1) is 10.6 Å². The molecular weight excluding hydrogens is 278 g/mol. The molecule has 100 valence electrons. The third-order valence-electron chi connectivity index (χ3n) is 2.93. The standard InChI is InChI=1S/C15H10ClNO3/c16-12-8-10(15(18)19)1-4-14(12)20-11-2-3-13-9(7-11)5-6-17-13/h1-8,17H,(H,18,19). The SMILES string of the molecule is O=C(O)c1ccc(Oc2ccc3[nH]ccc3c2)c(Cl)c1. The number of rotatable bonds is 3. The predicted octanol–water partition coefficient (Wildman–Crippen LogP) is 4.31. The van der Waals surface area contributed by atoms with Crippen molar-refractivity contribution in [1.29, 1.82) is 0 Å². The van der Waals surface area contributed by atoms with Gasteiger partial charge in [0.25, 0.3) is 0 Å². The van der Waals surface area contributed by atoms with Gasteiger partial charge in [-0.05, 0) is 42.5 Å². The topological polar surface area (TPSA) is 62.3 Å². The molecule has 0 spiro atoms.